The molecule has 0 saturated carbocycles. The zero-order valence-electron chi connectivity index (χ0n) is 9.85. The lowest BCUT2D eigenvalue weighted by molar-refractivity contribution is -0.422. The van der Waals surface area contributed by atoms with Gasteiger partial charge in [-0.3, -0.25) is 14.9 Å². The van der Waals surface area contributed by atoms with Gasteiger partial charge in [0.2, 0.25) is 5.70 Å². The summed E-state index contributed by atoms with van der Waals surface area (Å²) in [6.45, 7) is 1.00. The Labute approximate surface area is 118 Å². The van der Waals surface area contributed by atoms with Gasteiger partial charge in [-0.1, -0.05) is 23.2 Å². The third-order valence-electron chi connectivity index (χ3n) is 2.10. The summed E-state index contributed by atoms with van der Waals surface area (Å²) in [5.41, 5.74) is 5.23. The van der Waals surface area contributed by atoms with Crippen LogP contribution in [0.25, 0.3) is 6.08 Å². The van der Waals surface area contributed by atoms with Gasteiger partial charge in [-0.15, -0.1) is 0 Å². The monoisotopic (exact) mass is 304 g/mol. The van der Waals surface area contributed by atoms with E-state index in [1.54, 1.807) is 0 Å². The molecule has 0 aromatic heterocycles. The molecular weight excluding hydrogens is 295 g/mol. The van der Waals surface area contributed by atoms with Crippen molar-refractivity contribution in [2.24, 2.45) is 5.73 Å². The second kappa shape index (κ2) is 6.40. The van der Waals surface area contributed by atoms with Crippen molar-refractivity contribution in [3.63, 3.8) is 0 Å². The fourth-order valence-electron chi connectivity index (χ4n) is 1.20. The summed E-state index contributed by atoms with van der Waals surface area (Å²) < 4.78 is 5.04. The first-order chi connectivity index (χ1) is 8.82. The van der Waals surface area contributed by atoms with E-state index in [0.717, 1.165) is 0 Å². The third kappa shape index (κ3) is 4.11. The second-order valence-corrected chi connectivity index (χ2v) is 4.33. The highest BCUT2D eigenvalue weighted by atomic mass is 35.5. The van der Waals surface area contributed by atoms with Crippen molar-refractivity contribution in [3.8, 4) is 5.75 Å². The summed E-state index contributed by atoms with van der Waals surface area (Å²) in [5, 5.41) is 10.7. The van der Waals surface area contributed by atoms with Crippen LogP contribution in [-0.4, -0.2) is 17.4 Å². The van der Waals surface area contributed by atoms with Crippen molar-refractivity contribution in [1.29, 1.82) is 0 Å². The highest BCUT2D eigenvalue weighted by Crippen LogP contribution is 2.35. The van der Waals surface area contributed by atoms with Gasteiger partial charge in [0.25, 0.3) is 5.91 Å². The maximum Gasteiger partial charge on any atom is 0.255 e. The maximum absolute atomic E-state index is 10.6. The van der Waals surface area contributed by atoms with Crippen molar-refractivity contribution < 1.29 is 14.5 Å². The molecule has 1 amide bonds. The quantitative estimate of drug-likeness (QED) is 0.667. The number of ether oxygens (including phenoxy) is 1. The fourth-order valence-corrected chi connectivity index (χ4v) is 1.63. The molecule has 1 aromatic carbocycles. The Balaban J connectivity index is 3.07. The zero-order valence-corrected chi connectivity index (χ0v) is 11.4. The third-order valence-corrected chi connectivity index (χ3v) is 2.98. The molecule has 0 heterocycles. The molecule has 0 aliphatic carbocycles. The van der Waals surface area contributed by atoms with Crippen LogP contribution in [0, 0.1) is 10.1 Å². The number of nitrogens with zero attached hydrogens (tertiary/aromatic N) is 1. The molecular formula is C11H10Cl2N2O4. The highest BCUT2D eigenvalue weighted by molar-refractivity contribution is 6.43. The Kier molecular flexibility index (Phi) is 5.14. The van der Waals surface area contributed by atoms with Crippen LogP contribution in [0.3, 0.4) is 0 Å². The normalized spacial score (nSPS) is 11.2. The first kappa shape index (κ1) is 15.3. The molecule has 8 heteroatoms. The molecule has 1 rings (SSSR count). The molecule has 2 N–H and O–H groups in total. The van der Waals surface area contributed by atoms with Crippen molar-refractivity contribution in [3.05, 3.63) is 43.6 Å². The number of amides is 1. The Bertz CT molecular complexity index is 558. The number of allylic oxidation sites excluding steroid dienone is 1. The molecule has 0 unspecified atom stereocenters. The molecule has 102 valence electrons. The SMILES string of the molecule is C/C(=C\c1ccc(OCC(N)=O)c(Cl)c1Cl)[N+](=O)[O-]. The number of nitrogens with two attached hydrogens (primary N) is 1. The van der Waals surface area contributed by atoms with E-state index in [-0.39, 0.29) is 28.1 Å². The Hall–Kier alpha value is -1.79. The molecule has 0 bridgehead atoms. The highest BCUT2D eigenvalue weighted by Gasteiger charge is 2.12. The molecule has 6 nitrogen and oxygen atoms in total. The van der Waals surface area contributed by atoms with Crippen LogP contribution in [0.5, 0.6) is 5.75 Å². The van der Waals surface area contributed by atoms with Crippen molar-refractivity contribution in [1.82, 2.24) is 0 Å². The van der Waals surface area contributed by atoms with Crippen LogP contribution in [0.2, 0.25) is 10.0 Å². The minimum atomic E-state index is -0.652. The van der Waals surface area contributed by atoms with E-state index in [2.05, 4.69) is 0 Å². The standard InChI is InChI=1S/C11H10Cl2N2O4/c1-6(15(17)18)4-7-2-3-8(11(13)10(7)12)19-5-9(14)16/h2-4H,5H2,1H3,(H2,14,16)/b6-4+. The average Bonchev–Trinajstić information content (AvgIpc) is 2.33. The number of halogens is 2. The van der Waals surface area contributed by atoms with Gasteiger partial charge >= 0.3 is 0 Å². The Morgan fingerprint density at radius 1 is 1.47 bits per heavy atom. The number of carbonyl (C=O) groups is 1. The molecule has 0 spiro atoms. The minimum absolute atomic E-state index is 0.0628. The summed E-state index contributed by atoms with van der Waals surface area (Å²) >= 11 is 11.9. The summed E-state index contributed by atoms with van der Waals surface area (Å²) in [6, 6.07) is 2.95. The zero-order chi connectivity index (χ0) is 14.6. The Morgan fingerprint density at radius 3 is 2.63 bits per heavy atom. The molecule has 0 aliphatic rings. The molecule has 1 aromatic rings. The van der Waals surface area contributed by atoms with Gasteiger partial charge in [0.05, 0.1) is 9.95 Å². The smallest absolute Gasteiger partial charge is 0.255 e. The van der Waals surface area contributed by atoms with E-state index >= 15 is 0 Å². The van der Waals surface area contributed by atoms with Crippen molar-refractivity contribution in [2.45, 2.75) is 6.92 Å². The maximum atomic E-state index is 10.6. The van der Waals surface area contributed by atoms with Crippen LogP contribution in [0.1, 0.15) is 12.5 Å². The average molecular weight is 305 g/mol. The molecule has 0 atom stereocenters. The van der Waals surface area contributed by atoms with Gasteiger partial charge in [-0.2, -0.15) is 0 Å². The summed E-state index contributed by atoms with van der Waals surface area (Å²) in [5.74, 6) is -0.471. The van der Waals surface area contributed by atoms with E-state index in [1.165, 1.54) is 25.1 Å². The van der Waals surface area contributed by atoms with Gasteiger partial charge in [0.15, 0.2) is 6.61 Å². The van der Waals surface area contributed by atoms with Crippen LogP contribution in [0.15, 0.2) is 17.8 Å². The van der Waals surface area contributed by atoms with E-state index in [9.17, 15) is 14.9 Å². The fraction of sp³-hybridized carbons (Fsp3) is 0.182. The Morgan fingerprint density at radius 2 is 2.11 bits per heavy atom. The summed E-state index contributed by atoms with van der Waals surface area (Å²) in [4.78, 5) is 20.6. The molecule has 0 aliphatic heterocycles. The van der Waals surface area contributed by atoms with E-state index in [1.807, 2.05) is 0 Å². The number of nitro groups is 1. The lowest BCUT2D eigenvalue weighted by atomic mass is 10.2. The molecule has 0 fully saturated rings. The summed E-state index contributed by atoms with van der Waals surface area (Å²) in [7, 11) is 0. The number of rotatable bonds is 5. The van der Waals surface area contributed by atoms with Gasteiger partial charge in [0.1, 0.15) is 10.8 Å². The predicted octanol–water partition coefficient (Wildman–Crippen LogP) is 2.50. The second-order valence-electron chi connectivity index (χ2n) is 3.58. The van der Waals surface area contributed by atoms with Crippen molar-refractivity contribution in [2.75, 3.05) is 6.61 Å². The molecule has 0 saturated heterocycles. The largest absolute Gasteiger partial charge is 0.482 e. The van der Waals surface area contributed by atoms with Crippen LogP contribution in [-0.2, 0) is 4.79 Å². The van der Waals surface area contributed by atoms with E-state index in [4.69, 9.17) is 33.7 Å². The van der Waals surface area contributed by atoms with Gasteiger partial charge in [-0.25, -0.2) is 0 Å². The first-order valence-electron chi connectivity index (χ1n) is 5.04. The van der Waals surface area contributed by atoms with Gasteiger partial charge < -0.3 is 10.5 Å². The topological polar surface area (TPSA) is 95.5 Å². The number of hydrogen-bond acceptors (Lipinski definition) is 4. The number of hydrogen-bond donors (Lipinski definition) is 1. The van der Waals surface area contributed by atoms with Gasteiger partial charge in [0, 0.05) is 18.6 Å². The van der Waals surface area contributed by atoms with Gasteiger partial charge in [-0.05, 0) is 12.1 Å². The lowest BCUT2D eigenvalue weighted by Gasteiger charge is -2.08. The first-order valence-corrected chi connectivity index (χ1v) is 5.80. The minimum Gasteiger partial charge on any atom is -0.482 e. The number of primary amides is 1. The predicted molar refractivity (Wildman–Crippen MR) is 71.8 cm³/mol. The van der Waals surface area contributed by atoms with E-state index in [0.29, 0.717) is 5.56 Å². The van der Waals surface area contributed by atoms with Crippen LogP contribution < -0.4 is 10.5 Å². The number of carbonyl (C=O) groups excluding carboxylic acids is 1. The number of benzene rings is 1. The van der Waals surface area contributed by atoms with E-state index < -0.39 is 10.8 Å². The van der Waals surface area contributed by atoms with Crippen LogP contribution >= 0.6 is 23.2 Å². The molecule has 19 heavy (non-hydrogen) atoms. The summed E-state index contributed by atoms with van der Waals surface area (Å²) in [6.07, 6.45) is 1.28. The molecule has 0 radical (unpaired) electrons. The lowest BCUT2D eigenvalue weighted by Crippen LogP contribution is -2.20. The van der Waals surface area contributed by atoms with Crippen molar-refractivity contribution >= 4 is 35.2 Å². The van der Waals surface area contributed by atoms with Crippen LogP contribution in [0.4, 0.5) is 0 Å².